The minimum atomic E-state index is -0.597. The topological polar surface area (TPSA) is 35.8 Å². The van der Waals surface area contributed by atoms with Gasteiger partial charge in [-0.1, -0.05) is 17.7 Å². The molecule has 0 heterocycles. The molecule has 102 valence electrons. The third-order valence-corrected chi connectivity index (χ3v) is 3.09. The minimum absolute atomic E-state index is 0.361. The lowest BCUT2D eigenvalue weighted by atomic mass is 10.1. The van der Waals surface area contributed by atoms with E-state index in [9.17, 15) is 8.78 Å². The van der Waals surface area contributed by atoms with Gasteiger partial charge in [-0.05, 0) is 36.2 Å². The van der Waals surface area contributed by atoms with E-state index < -0.39 is 11.6 Å². The summed E-state index contributed by atoms with van der Waals surface area (Å²) in [5.74, 6) is -1.19. The molecule has 20 heavy (non-hydrogen) atoms. The molecule has 2 rings (SSSR count). The fraction of sp³-hybridized carbons (Fsp3) is 0.133. The van der Waals surface area contributed by atoms with Crippen molar-refractivity contribution in [3.63, 3.8) is 0 Å². The van der Waals surface area contributed by atoms with E-state index in [1.54, 1.807) is 18.2 Å². The maximum atomic E-state index is 13.0. The number of hydrogen-bond acceptors (Lipinski definition) is 2. The summed E-state index contributed by atoms with van der Waals surface area (Å²) in [6, 6.07) is 10.5. The second-order valence-corrected chi connectivity index (χ2v) is 4.64. The molecule has 0 saturated heterocycles. The molecule has 0 aliphatic rings. The van der Waals surface area contributed by atoms with Crippen molar-refractivity contribution in [1.29, 1.82) is 5.26 Å². The van der Waals surface area contributed by atoms with Crippen LogP contribution in [0.25, 0.3) is 0 Å². The number of benzene rings is 2. The number of anilines is 1. The highest BCUT2D eigenvalue weighted by Gasteiger charge is 2.06. The Morgan fingerprint density at radius 2 is 1.85 bits per heavy atom. The lowest BCUT2D eigenvalue weighted by Crippen LogP contribution is -2.06. The summed E-state index contributed by atoms with van der Waals surface area (Å²) in [5, 5.41) is 12.4. The van der Waals surface area contributed by atoms with Crippen molar-refractivity contribution in [2.75, 3.05) is 11.9 Å². The third-order valence-electron chi connectivity index (χ3n) is 2.78. The van der Waals surface area contributed by atoms with Crippen LogP contribution in [0.4, 0.5) is 14.5 Å². The molecular weight excluding hydrogens is 282 g/mol. The molecule has 1 N–H and O–H groups in total. The van der Waals surface area contributed by atoms with Gasteiger partial charge in [-0.25, -0.2) is 8.78 Å². The summed E-state index contributed by atoms with van der Waals surface area (Å²) < 4.78 is 26.1. The van der Waals surface area contributed by atoms with E-state index in [1.807, 2.05) is 6.07 Å². The predicted octanol–water partition coefficient (Wildman–Crippen LogP) is 4.14. The number of nitrogens with one attached hydrogen (secondary N) is 1. The normalized spacial score (nSPS) is 10.1. The summed E-state index contributed by atoms with van der Waals surface area (Å²) >= 11 is 5.91. The quantitative estimate of drug-likeness (QED) is 0.919. The Balaban J connectivity index is 2.03. The average molecular weight is 293 g/mol. The first kappa shape index (κ1) is 14.3. The van der Waals surface area contributed by atoms with Crippen molar-refractivity contribution in [2.24, 2.45) is 0 Å². The van der Waals surface area contributed by atoms with Gasteiger partial charge in [0.2, 0.25) is 0 Å². The van der Waals surface area contributed by atoms with E-state index in [2.05, 4.69) is 5.32 Å². The van der Waals surface area contributed by atoms with Crippen LogP contribution in [0, 0.1) is 23.0 Å². The molecule has 2 nitrogen and oxygen atoms in total. The largest absolute Gasteiger partial charge is 0.384 e. The molecule has 0 unspecified atom stereocenters. The number of hydrogen-bond donors (Lipinski definition) is 1. The Labute approximate surface area is 120 Å². The SMILES string of the molecule is N#Cc1c(Cl)cccc1NCCc1cc(F)cc(F)c1. The van der Waals surface area contributed by atoms with Gasteiger partial charge in [-0.2, -0.15) is 5.26 Å². The standard InChI is InChI=1S/C15H11ClF2N2/c16-14-2-1-3-15(13(14)9-19)20-5-4-10-6-11(17)8-12(18)7-10/h1-3,6-8,20H,4-5H2. The lowest BCUT2D eigenvalue weighted by Gasteiger charge is -2.09. The summed E-state index contributed by atoms with van der Waals surface area (Å²) in [7, 11) is 0. The van der Waals surface area contributed by atoms with Gasteiger partial charge in [0.05, 0.1) is 16.3 Å². The van der Waals surface area contributed by atoms with Crippen LogP contribution < -0.4 is 5.32 Å². The van der Waals surface area contributed by atoms with Crippen LogP contribution in [0.1, 0.15) is 11.1 Å². The van der Waals surface area contributed by atoms with Crippen molar-refractivity contribution in [2.45, 2.75) is 6.42 Å². The fourth-order valence-electron chi connectivity index (χ4n) is 1.88. The molecule has 2 aromatic rings. The van der Waals surface area contributed by atoms with Crippen LogP contribution in [-0.2, 0) is 6.42 Å². The number of nitrogens with zero attached hydrogens (tertiary/aromatic N) is 1. The summed E-state index contributed by atoms with van der Waals surface area (Å²) in [6.45, 7) is 0.442. The molecule has 0 radical (unpaired) electrons. The van der Waals surface area contributed by atoms with Crippen molar-refractivity contribution >= 4 is 17.3 Å². The molecule has 0 aromatic heterocycles. The Kier molecular flexibility index (Phi) is 4.54. The zero-order valence-electron chi connectivity index (χ0n) is 10.5. The third kappa shape index (κ3) is 3.46. The van der Waals surface area contributed by atoms with Crippen LogP contribution in [0.2, 0.25) is 5.02 Å². The molecule has 0 bridgehead atoms. The van der Waals surface area contributed by atoms with Gasteiger partial charge in [0.25, 0.3) is 0 Å². The predicted molar refractivity (Wildman–Crippen MR) is 74.7 cm³/mol. The monoisotopic (exact) mass is 292 g/mol. The molecule has 0 aliphatic heterocycles. The smallest absolute Gasteiger partial charge is 0.126 e. The van der Waals surface area contributed by atoms with Gasteiger partial charge in [0.1, 0.15) is 17.7 Å². The Morgan fingerprint density at radius 3 is 2.50 bits per heavy atom. The van der Waals surface area contributed by atoms with Crippen LogP contribution >= 0.6 is 11.6 Å². The van der Waals surface area contributed by atoms with E-state index in [0.717, 1.165) is 6.07 Å². The molecule has 0 atom stereocenters. The molecule has 0 amide bonds. The summed E-state index contributed by atoms with van der Waals surface area (Å²) in [4.78, 5) is 0. The highest BCUT2D eigenvalue weighted by Crippen LogP contribution is 2.23. The molecule has 0 saturated carbocycles. The molecule has 0 spiro atoms. The molecule has 0 aliphatic carbocycles. The number of nitriles is 1. The van der Waals surface area contributed by atoms with E-state index in [-0.39, 0.29) is 0 Å². The lowest BCUT2D eigenvalue weighted by molar-refractivity contribution is 0.580. The maximum Gasteiger partial charge on any atom is 0.126 e. The second-order valence-electron chi connectivity index (χ2n) is 4.23. The Morgan fingerprint density at radius 1 is 1.15 bits per heavy atom. The summed E-state index contributed by atoms with van der Waals surface area (Å²) in [6.07, 6.45) is 0.437. The molecule has 5 heteroatoms. The van der Waals surface area contributed by atoms with E-state index >= 15 is 0 Å². The first-order chi connectivity index (χ1) is 9.60. The van der Waals surface area contributed by atoms with Crippen LogP contribution in [-0.4, -0.2) is 6.54 Å². The Hall–Kier alpha value is -2.12. The zero-order chi connectivity index (χ0) is 14.5. The van der Waals surface area contributed by atoms with Gasteiger partial charge in [0.15, 0.2) is 0 Å². The van der Waals surface area contributed by atoms with Crippen molar-refractivity contribution in [1.82, 2.24) is 0 Å². The molecule has 2 aromatic carbocycles. The van der Waals surface area contributed by atoms with Gasteiger partial charge >= 0.3 is 0 Å². The van der Waals surface area contributed by atoms with E-state index in [0.29, 0.717) is 34.8 Å². The van der Waals surface area contributed by atoms with Gasteiger partial charge in [-0.3, -0.25) is 0 Å². The minimum Gasteiger partial charge on any atom is -0.384 e. The average Bonchev–Trinajstić information content (AvgIpc) is 2.38. The van der Waals surface area contributed by atoms with Crippen LogP contribution in [0.5, 0.6) is 0 Å². The zero-order valence-corrected chi connectivity index (χ0v) is 11.2. The molecule has 0 fully saturated rings. The number of rotatable bonds is 4. The maximum absolute atomic E-state index is 13.0. The van der Waals surface area contributed by atoms with Crippen LogP contribution in [0.3, 0.4) is 0 Å². The van der Waals surface area contributed by atoms with Gasteiger partial charge in [0, 0.05) is 12.6 Å². The van der Waals surface area contributed by atoms with Crippen molar-refractivity contribution < 1.29 is 8.78 Å². The number of halogens is 3. The van der Waals surface area contributed by atoms with Crippen LogP contribution in [0.15, 0.2) is 36.4 Å². The molecular formula is C15H11ClF2N2. The van der Waals surface area contributed by atoms with Crippen molar-refractivity contribution in [3.8, 4) is 6.07 Å². The highest BCUT2D eigenvalue weighted by molar-refractivity contribution is 6.32. The van der Waals surface area contributed by atoms with Crippen molar-refractivity contribution in [3.05, 3.63) is 64.2 Å². The van der Waals surface area contributed by atoms with E-state index in [4.69, 9.17) is 16.9 Å². The van der Waals surface area contributed by atoms with Gasteiger partial charge < -0.3 is 5.32 Å². The summed E-state index contributed by atoms with van der Waals surface area (Å²) in [5.41, 5.74) is 1.52. The van der Waals surface area contributed by atoms with Gasteiger partial charge in [-0.15, -0.1) is 0 Å². The first-order valence-corrected chi connectivity index (χ1v) is 6.35. The fourth-order valence-corrected chi connectivity index (χ4v) is 2.10. The Bertz CT molecular complexity index is 645. The van der Waals surface area contributed by atoms with E-state index in [1.165, 1.54) is 12.1 Å². The highest BCUT2D eigenvalue weighted by atomic mass is 35.5. The second kappa shape index (κ2) is 6.36. The first-order valence-electron chi connectivity index (χ1n) is 5.97.